The molecule has 1 aliphatic rings. The smallest absolute Gasteiger partial charge is 0.268 e. The van der Waals surface area contributed by atoms with Crippen LogP contribution >= 0.6 is 11.6 Å². The van der Waals surface area contributed by atoms with E-state index in [1.54, 1.807) is 0 Å². The zero-order chi connectivity index (χ0) is 24.6. The molecule has 1 aliphatic heterocycles. The first-order chi connectivity index (χ1) is 16.1. The molecule has 0 saturated heterocycles. The van der Waals surface area contributed by atoms with Crippen LogP contribution in [0.25, 0.3) is 0 Å². The molecule has 1 N–H and O–H groups in total. The summed E-state index contributed by atoms with van der Waals surface area (Å²) in [6.07, 6.45) is -3.09. The molecule has 0 aromatic heterocycles. The fourth-order valence-electron chi connectivity index (χ4n) is 3.54. The second-order valence-electron chi connectivity index (χ2n) is 7.30. The maximum absolute atomic E-state index is 13.2. The summed E-state index contributed by atoms with van der Waals surface area (Å²) in [6.45, 7) is 0. The number of nitrogens with one attached hydrogen (secondary N) is 1. The van der Waals surface area contributed by atoms with Gasteiger partial charge in [0.15, 0.2) is 0 Å². The van der Waals surface area contributed by atoms with Gasteiger partial charge in [0.1, 0.15) is 0 Å². The van der Waals surface area contributed by atoms with Gasteiger partial charge < -0.3 is 0 Å². The number of nitrogens with zero attached hydrogens (tertiary/aromatic N) is 2. The maximum Gasteiger partial charge on any atom is 0.268 e. The summed E-state index contributed by atoms with van der Waals surface area (Å²) < 4.78 is 53.2. The van der Waals surface area contributed by atoms with Crippen LogP contribution in [0.3, 0.4) is 0 Å². The Morgan fingerprint density at radius 2 is 1.68 bits per heavy atom. The Morgan fingerprint density at radius 3 is 2.32 bits per heavy atom. The first kappa shape index (κ1) is 23.4. The van der Waals surface area contributed by atoms with E-state index in [9.17, 15) is 26.8 Å². The Kier molecular flexibility index (Phi) is 6.08. The lowest BCUT2D eigenvalue weighted by molar-refractivity contribution is 0.0926. The lowest BCUT2D eigenvalue weighted by Gasteiger charge is -2.14. The topological polar surface area (TPSA) is 107 Å². The largest absolute Gasteiger partial charge is 0.279 e. The van der Waals surface area contributed by atoms with E-state index in [4.69, 9.17) is 16.9 Å². The summed E-state index contributed by atoms with van der Waals surface area (Å²) >= 11 is 6.17. The lowest BCUT2D eigenvalue weighted by atomic mass is 10.1. The van der Waals surface area contributed by atoms with Crippen molar-refractivity contribution in [1.29, 1.82) is 5.26 Å². The van der Waals surface area contributed by atoms with Gasteiger partial charge in [-0.15, -0.1) is 0 Å². The number of carbonyl (C=O) groups excluding carboxylic acids is 2. The summed E-state index contributed by atoms with van der Waals surface area (Å²) in [5.41, 5.74) is 0.0195. The molecule has 7 nitrogen and oxygen atoms in total. The summed E-state index contributed by atoms with van der Waals surface area (Å²) in [5, 5.41) is 9.07. The Labute approximate surface area is 198 Å². The number of fused-ring (bicyclic) bond motifs is 1. The fourth-order valence-corrected chi connectivity index (χ4v) is 4.86. The van der Waals surface area contributed by atoms with Crippen LogP contribution < -0.4 is 9.62 Å². The van der Waals surface area contributed by atoms with E-state index >= 15 is 0 Å². The summed E-state index contributed by atoms with van der Waals surface area (Å²) in [6, 6.07) is 15.1. The summed E-state index contributed by atoms with van der Waals surface area (Å²) in [7, 11) is -4.23. The number of alkyl halides is 2. The van der Waals surface area contributed by atoms with E-state index in [1.807, 2.05) is 6.07 Å². The third-order valence-electron chi connectivity index (χ3n) is 5.09. The zero-order valence-electron chi connectivity index (χ0n) is 17.1. The van der Waals surface area contributed by atoms with Crippen molar-refractivity contribution in [3.63, 3.8) is 0 Å². The Morgan fingerprint density at radius 1 is 1.00 bits per heavy atom. The van der Waals surface area contributed by atoms with Gasteiger partial charge in [-0.3, -0.25) is 14.3 Å². The molecule has 172 valence electrons. The quantitative estimate of drug-likeness (QED) is 0.496. The molecule has 0 saturated carbocycles. The van der Waals surface area contributed by atoms with Crippen molar-refractivity contribution in [3.05, 3.63) is 87.9 Å². The molecular formula is C23H14ClF2N3O4S. The second-order valence-corrected chi connectivity index (χ2v) is 9.39. The lowest BCUT2D eigenvalue weighted by Crippen LogP contribution is -2.29. The van der Waals surface area contributed by atoms with E-state index in [2.05, 4.69) is 4.72 Å². The van der Waals surface area contributed by atoms with Crippen molar-refractivity contribution < 1.29 is 26.8 Å². The maximum atomic E-state index is 13.2. The van der Waals surface area contributed by atoms with Crippen LogP contribution in [-0.4, -0.2) is 26.7 Å². The van der Waals surface area contributed by atoms with Crippen molar-refractivity contribution in [3.8, 4) is 6.07 Å². The molecule has 3 aromatic carbocycles. The molecule has 0 aliphatic carbocycles. The fraction of sp³-hybridized carbons (Fsp3) is 0.0870. The third-order valence-corrected chi connectivity index (χ3v) is 6.79. The number of imide groups is 1. The molecule has 0 radical (unpaired) electrons. The normalized spacial score (nSPS) is 13.2. The van der Waals surface area contributed by atoms with Gasteiger partial charge in [-0.05, 0) is 48.0 Å². The average molecular weight is 502 g/mol. The summed E-state index contributed by atoms with van der Waals surface area (Å²) in [4.78, 5) is 26.8. The van der Waals surface area contributed by atoms with E-state index in [0.29, 0.717) is 0 Å². The van der Waals surface area contributed by atoms with Crippen LogP contribution in [-0.2, 0) is 16.4 Å². The van der Waals surface area contributed by atoms with Crippen LogP contribution in [0.1, 0.15) is 31.8 Å². The van der Waals surface area contributed by atoms with E-state index in [1.165, 1.54) is 60.7 Å². The van der Waals surface area contributed by atoms with Gasteiger partial charge >= 0.3 is 0 Å². The monoisotopic (exact) mass is 501 g/mol. The van der Waals surface area contributed by atoms with Crippen molar-refractivity contribution in [2.24, 2.45) is 0 Å². The third kappa shape index (κ3) is 4.23. The van der Waals surface area contributed by atoms with Gasteiger partial charge in [0.2, 0.25) is 6.43 Å². The van der Waals surface area contributed by atoms with Gasteiger partial charge in [-0.25, -0.2) is 22.1 Å². The van der Waals surface area contributed by atoms with E-state index in [-0.39, 0.29) is 43.5 Å². The Balaban J connectivity index is 1.71. The van der Waals surface area contributed by atoms with Crippen LogP contribution in [0.5, 0.6) is 0 Å². The summed E-state index contributed by atoms with van der Waals surface area (Å²) in [5.74, 6) is -1.58. The molecule has 1 heterocycles. The van der Waals surface area contributed by atoms with Crippen molar-refractivity contribution in [2.75, 3.05) is 9.62 Å². The number of sulfonamides is 1. The minimum Gasteiger partial charge on any atom is -0.279 e. The first-order valence-electron chi connectivity index (χ1n) is 9.73. The molecule has 0 fully saturated rings. The molecule has 3 aromatic rings. The molecule has 0 atom stereocenters. The number of hydrogen-bond acceptors (Lipinski definition) is 5. The number of halogens is 3. The highest BCUT2D eigenvalue weighted by Gasteiger charge is 2.41. The predicted molar refractivity (Wildman–Crippen MR) is 121 cm³/mol. The highest BCUT2D eigenvalue weighted by molar-refractivity contribution is 7.92. The molecule has 4 rings (SSSR count). The number of carbonyl (C=O) groups is 2. The molecule has 11 heteroatoms. The van der Waals surface area contributed by atoms with Crippen molar-refractivity contribution >= 4 is 44.8 Å². The number of amides is 2. The minimum atomic E-state index is -4.23. The van der Waals surface area contributed by atoms with Crippen molar-refractivity contribution in [1.82, 2.24) is 0 Å². The molecule has 34 heavy (non-hydrogen) atoms. The molecule has 0 bridgehead atoms. The number of nitriles is 1. The molecular weight excluding hydrogens is 488 g/mol. The Hall–Kier alpha value is -3.81. The predicted octanol–water partition coefficient (Wildman–Crippen LogP) is 4.62. The highest BCUT2D eigenvalue weighted by Crippen LogP contribution is 2.38. The number of benzene rings is 3. The van der Waals surface area contributed by atoms with Gasteiger partial charge in [0.05, 0.1) is 44.1 Å². The zero-order valence-corrected chi connectivity index (χ0v) is 18.7. The van der Waals surface area contributed by atoms with Gasteiger partial charge in [-0.2, -0.15) is 5.26 Å². The number of rotatable bonds is 6. The van der Waals surface area contributed by atoms with E-state index < -0.39 is 34.7 Å². The van der Waals surface area contributed by atoms with Gasteiger partial charge in [0.25, 0.3) is 21.8 Å². The number of anilines is 2. The number of hydrogen-bond donors (Lipinski definition) is 1. The van der Waals surface area contributed by atoms with E-state index in [0.717, 1.165) is 4.90 Å². The van der Waals surface area contributed by atoms with Crippen LogP contribution in [0.15, 0.2) is 65.6 Å². The highest BCUT2D eigenvalue weighted by atomic mass is 35.5. The first-order valence-corrected chi connectivity index (χ1v) is 11.6. The van der Waals surface area contributed by atoms with Gasteiger partial charge in [-0.1, -0.05) is 29.8 Å². The van der Waals surface area contributed by atoms with Crippen LogP contribution in [0.2, 0.25) is 5.02 Å². The second kappa shape index (κ2) is 8.85. The molecule has 0 spiro atoms. The standard InChI is InChI=1S/C23H14ClF2N3O4S/c24-17-8-9-18(28-34(32,33)16-6-4-13(5-7-16)11-19(25)26)21-20(17)22(30)29(23(21)31)15-3-1-2-14(10-15)12-27/h1-10,19,28H,11H2. The molecule has 0 unspecified atom stereocenters. The van der Waals surface area contributed by atoms with Gasteiger partial charge in [0, 0.05) is 6.42 Å². The average Bonchev–Trinajstić information content (AvgIpc) is 3.07. The van der Waals surface area contributed by atoms with Crippen molar-refractivity contribution in [2.45, 2.75) is 17.7 Å². The Bertz CT molecular complexity index is 1470. The van der Waals surface area contributed by atoms with Crippen LogP contribution in [0.4, 0.5) is 20.2 Å². The minimum absolute atomic E-state index is 0.0495. The molecule has 2 amide bonds. The van der Waals surface area contributed by atoms with Crippen LogP contribution in [0, 0.1) is 11.3 Å². The SMILES string of the molecule is N#Cc1cccc(N2C(=O)c3c(Cl)ccc(NS(=O)(=O)c4ccc(CC(F)F)cc4)c3C2=O)c1.